The van der Waals surface area contributed by atoms with Crippen molar-refractivity contribution >= 4 is 22.6 Å². The van der Waals surface area contributed by atoms with Crippen LogP contribution >= 0.6 is 0 Å². The smallest absolute Gasteiger partial charge is 0.295 e. The molecule has 0 radical (unpaired) electrons. The minimum atomic E-state index is -0.269. The van der Waals surface area contributed by atoms with E-state index in [0.717, 1.165) is 22.5 Å². The van der Waals surface area contributed by atoms with Gasteiger partial charge < -0.3 is 14.8 Å². The fourth-order valence-electron chi connectivity index (χ4n) is 3.74. The molecule has 2 aromatic carbocycles. The van der Waals surface area contributed by atoms with Crippen LogP contribution in [-0.4, -0.2) is 43.8 Å². The van der Waals surface area contributed by atoms with Crippen molar-refractivity contribution in [3.63, 3.8) is 0 Å². The average molecular weight is 419 g/mol. The van der Waals surface area contributed by atoms with Crippen molar-refractivity contribution in [2.45, 2.75) is 20.0 Å². The van der Waals surface area contributed by atoms with Crippen molar-refractivity contribution in [2.75, 3.05) is 19.4 Å². The van der Waals surface area contributed by atoms with Crippen LogP contribution in [0.1, 0.15) is 11.5 Å². The van der Waals surface area contributed by atoms with Gasteiger partial charge in [-0.1, -0.05) is 30.3 Å². The quantitative estimate of drug-likeness (QED) is 0.522. The Kier molecular flexibility index (Phi) is 5.48. The van der Waals surface area contributed by atoms with Crippen molar-refractivity contribution in [1.29, 1.82) is 0 Å². The van der Waals surface area contributed by atoms with Crippen LogP contribution in [0.3, 0.4) is 0 Å². The number of carbonyl (C=O) groups excluding carboxylic acids is 1. The molecule has 0 atom stereocenters. The first kappa shape index (κ1) is 20.6. The molecule has 0 saturated carbocycles. The highest BCUT2D eigenvalue weighted by atomic mass is 16.2. The number of aromatic nitrogens is 4. The molecule has 0 saturated heterocycles. The molecule has 4 aromatic rings. The summed E-state index contributed by atoms with van der Waals surface area (Å²) in [6, 6.07) is 17.1. The standard InChI is InChI=1S/C23H26N6O2/c1-16-22(23(31)29(27(16)4)17-10-6-5-7-11-17)25-21(30)15-28-19-13-9-8-12-18(19)24-20(28)14-26(2)3/h5-13H,14-15H2,1-4H3,(H,25,30). The molecule has 4 rings (SSSR count). The Bertz CT molecular complexity index is 1300. The Morgan fingerprint density at radius 2 is 1.74 bits per heavy atom. The molecule has 0 bridgehead atoms. The van der Waals surface area contributed by atoms with Gasteiger partial charge in [0.15, 0.2) is 0 Å². The van der Waals surface area contributed by atoms with E-state index in [1.807, 2.05) is 85.1 Å². The van der Waals surface area contributed by atoms with Crippen molar-refractivity contribution < 1.29 is 4.79 Å². The van der Waals surface area contributed by atoms with E-state index in [-0.39, 0.29) is 23.7 Å². The molecule has 1 N–H and O–H groups in total. The largest absolute Gasteiger partial charge is 0.318 e. The minimum absolute atomic E-state index is 0.0722. The first-order valence-corrected chi connectivity index (χ1v) is 10.1. The molecule has 0 aliphatic carbocycles. The number of nitrogens with one attached hydrogen (secondary N) is 1. The predicted molar refractivity (Wildman–Crippen MR) is 122 cm³/mol. The van der Waals surface area contributed by atoms with Gasteiger partial charge >= 0.3 is 0 Å². The van der Waals surface area contributed by atoms with E-state index in [4.69, 9.17) is 0 Å². The highest BCUT2D eigenvalue weighted by Crippen LogP contribution is 2.18. The highest BCUT2D eigenvalue weighted by molar-refractivity contribution is 5.92. The maximum absolute atomic E-state index is 13.1. The van der Waals surface area contributed by atoms with Crippen molar-refractivity contribution in [3.8, 4) is 5.69 Å². The molecule has 0 fully saturated rings. The SMILES string of the molecule is Cc1c(NC(=O)Cn2c(CN(C)C)nc3ccccc32)c(=O)n(-c2ccccc2)n1C. The van der Waals surface area contributed by atoms with Crippen LogP contribution in [0, 0.1) is 6.92 Å². The Hall–Kier alpha value is -3.65. The summed E-state index contributed by atoms with van der Waals surface area (Å²) in [7, 11) is 5.73. The van der Waals surface area contributed by atoms with E-state index in [1.54, 1.807) is 16.4 Å². The third-order valence-electron chi connectivity index (χ3n) is 5.31. The summed E-state index contributed by atoms with van der Waals surface area (Å²) >= 11 is 0. The van der Waals surface area contributed by atoms with Crippen LogP contribution in [0.5, 0.6) is 0 Å². The van der Waals surface area contributed by atoms with Gasteiger partial charge in [-0.2, -0.15) is 0 Å². The summed E-state index contributed by atoms with van der Waals surface area (Å²) in [4.78, 5) is 32.8. The lowest BCUT2D eigenvalue weighted by Gasteiger charge is -2.12. The zero-order valence-corrected chi connectivity index (χ0v) is 18.2. The monoisotopic (exact) mass is 418 g/mol. The van der Waals surface area contributed by atoms with E-state index in [0.29, 0.717) is 12.2 Å². The lowest BCUT2D eigenvalue weighted by molar-refractivity contribution is -0.116. The molecule has 0 aliphatic heterocycles. The number of anilines is 1. The molecular formula is C23H26N6O2. The number of rotatable bonds is 6. The van der Waals surface area contributed by atoms with Gasteiger partial charge in [0.1, 0.15) is 18.1 Å². The number of amides is 1. The average Bonchev–Trinajstić information content (AvgIpc) is 3.18. The number of hydrogen-bond donors (Lipinski definition) is 1. The molecule has 0 unspecified atom stereocenters. The normalized spacial score (nSPS) is 11.4. The summed E-state index contributed by atoms with van der Waals surface area (Å²) in [5, 5.41) is 2.84. The van der Waals surface area contributed by atoms with E-state index >= 15 is 0 Å². The van der Waals surface area contributed by atoms with Crippen LogP contribution in [0.4, 0.5) is 5.69 Å². The van der Waals surface area contributed by atoms with Gasteiger partial charge in [-0.25, -0.2) is 9.67 Å². The van der Waals surface area contributed by atoms with Crippen molar-refractivity contribution in [3.05, 3.63) is 76.5 Å². The van der Waals surface area contributed by atoms with Crippen molar-refractivity contribution in [1.82, 2.24) is 23.8 Å². The number of fused-ring (bicyclic) bond motifs is 1. The Morgan fingerprint density at radius 3 is 2.45 bits per heavy atom. The summed E-state index contributed by atoms with van der Waals surface area (Å²) < 4.78 is 5.20. The van der Waals surface area contributed by atoms with E-state index < -0.39 is 0 Å². The van der Waals surface area contributed by atoms with Gasteiger partial charge in [-0.05, 0) is 45.3 Å². The zero-order valence-electron chi connectivity index (χ0n) is 18.2. The summed E-state index contributed by atoms with van der Waals surface area (Å²) in [5.41, 5.74) is 3.19. The Labute approximate surface area is 180 Å². The maximum Gasteiger partial charge on any atom is 0.295 e. The summed E-state index contributed by atoms with van der Waals surface area (Å²) in [5.74, 6) is 0.530. The van der Waals surface area contributed by atoms with Gasteiger partial charge in [-0.15, -0.1) is 0 Å². The van der Waals surface area contributed by atoms with Crippen molar-refractivity contribution in [2.24, 2.45) is 7.05 Å². The highest BCUT2D eigenvalue weighted by Gasteiger charge is 2.20. The van der Waals surface area contributed by atoms with Crippen LogP contribution in [0.15, 0.2) is 59.4 Å². The van der Waals surface area contributed by atoms with E-state index in [2.05, 4.69) is 10.3 Å². The zero-order chi connectivity index (χ0) is 22.1. The van der Waals surface area contributed by atoms with Gasteiger partial charge in [0.2, 0.25) is 5.91 Å². The molecule has 0 spiro atoms. The molecule has 2 aromatic heterocycles. The lowest BCUT2D eigenvalue weighted by Crippen LogP contribution is -2.26. The maximum atomic E-state index is 13.1. The lowest BCUT2D eigenvalue weighted by atomic mass is 10.3. The third-order valence-corrected chi connectivity index (χ3v) is 5.31. The number of nitrogens with zero attached hydrogens (tertiary/aromatic N) is 5. The van der Waals surface area contributed by atoms with Gasteiger partial charge in [0.25, 0.3) is 5.56 Å². The van der Waals surface area contributed by atoms with Crippen LogP contribution in [-0.2, 0) is 24.9 Å². The summed E-state index contributed by atoms with van der Waals surface area (Å²) in [6.45, 7) is 2.50. The van der Waals surface area contributed by atoms with Gasteiger partial charge in [0.05, 0.1) is 29.0 Å². The number of benzene rings is 2. The number of imidazole rings is 1. The third kappa shape index (κ3) is 3.89. The molecule has 2 heterocycles. The first-order valence-electron chi connectivity index (χ1n) is 10.1. The van der Waals surface area contributed by atoms with Crippen LogP contribution in [0.25, 0.3) is 16.7 Å². The molecule has 0 aliphatic rings. The minimum Gasteiger partial charge on any atom is -0.318 e. The fraction of sp³-hybridized carbons (Fsp3) is 0.261. The van der Waals surface area contributed by atoms with E-state index in [1.165, 1.54) is 0 Å². The fourth-order valence-corrected chi connectivity index (χ4v) is 3.74. The topological polar surface area (TPSA) is 77.1 Å². The number of hydrogen-bond acceptors (Lipinski definition) is 4. The molecule has 8 nitrogen and oxygen atoms in total. The van der Waals surface area contributed by atoms with Gasteiger partial charge in [-0.3, -0.25) is 14.3 Å². The molecule has 1 amide bonds. The Morgan fingerprint density at radius 1 is 1.06 bits per heavy atom. The second-order valence-corrected chi connectivity index (χ2v) is 7.83. The summed E-state index contributed by atoms with van der Waals surface area (Å²) in [6.07, 6.45) is 0. The number of para-hydroxylation sites is 3. The molecule has 8 heteroatoms. The molecular weight excluding hydrogens is 392 g/mol. The molecule has 160 valence electrons. The second-order valence-electron chi connectivity index (χ2n) is 7.83. The van der Waals surface area contributed by atoms with Gasteiger partial charge in [0, 0.05) is 7.05 Å². The van der Waals surface area contributed by atoms with Crippen LogP contribution in [0.2, 0.25) is 0 Å². The Balaban J connectivity index is 1.66. The molecule has 31 heavy (non-hydrogen) atoms. The second kappa shape index (κ2) is 8.23. The van der Waals surface area contributed by atoms with Crippen LogP contribution < -0.4 is 10.9 Å². The number of carbonyl (C=O) groups is 1. The predicted octanol–water partition coefficient (Wildman–Crippen LogP) is 2.53. The van der Waals surface area contributed by atoms with E-state index in [9.17, 15) is 9.59 Å². The first-order chi connectivity index (χ1) is 14.9.